The number of sulfonamides is 1. The van der Waals surface area contributed by atoms with E-state index in [-0.39, 0.29) is 35.0 Å². The summed E-state index contributed by atoms with van der Waals surface area (Å²) in [5.74, 6) is 0.727. The van der Waals surface area contributed by atoms with Crippen LogP contribution in [0.15, 0.2) is 29.2 Å². The molecular weight excluding hydrogens is 454 g/mol. The zero-order valence-electron chi connectivity index (χ0n) is 19.7. The maximum Gasteiger partial charge on any atom is 0.241 e. The highest BCUT2D eigenvalue weighted by molar-refractivity contribution is 7.89. The second kappa shape index (κ2) is 8.58. The first-order valence-electron chi connectivity index (χ1n) is 12.3. The average molecular weight is 490 g/mol. The number of rotatable bonds is 7. The van der Waals surface area contributed by atoms with Crippen molar-refractivity contribution in [3.8, 4) is 0 Å². The third-order valence-electron chi connectivity index (χ3n) is 8.13. The van der Waals surface area contributed by atoms with Crippen molar-refractivity contribution in [3.05, 3.63) is 24.3 Å². The Morgan fingerprint density at radius 2 is 1.74 bits per heavy atom. The van der Waals surface area contributed by atoms with Crippen LogP contribution in [0, 0.1) is 11.8 Å². The van der Waals surface area contributed by atoms with Crippen LogP contribution in [0.3, 0.4) is 0 Å². The van der Waals surface area contributed by atoms with Crippen molar-refractivity contribution < 1.29 is 18.0 Å². The van der Waals surface area contributed by atoms with Crippen LogP contribution in [0.4, 0.5) is 5.69 Å². The van der Waals surface area contributed by atoms with Crippen molar-refractivity contribution in [2.24, 2.45) is 17.6 Å². The fourth-order valence-corrected chi connectivity index (χ4v) is 8.74. The number of likely N-dealkylation sites (tertiary alicyclic amines) is 1. The predicted molar refractivity (Wildman–Crippen MR) is 128 cm³/mol. The highest BCUT2D eigenvalue weighted by atomic mass is 32.2. The molecule has 5 N–H and O–H groups in total. The zero-order chi connectivity index (χ0) is 24.1. The highest BCUT2D eigenvalue weighted by Gasteiger charge is 2.58. The molecule has 4 bridgehead atoms. The highest BCUT2D eigenvalue weighted by Crippen LogP contribution is 2.57. The predicted octanol–water partition coefficient (Wildman–Crippen LogP) is 1.51. The number of benzene rings is 1. The van der Waals surface area contributed by atoms with Gasteiger partial charge < -0.3 is 21.3 Å². The first-order valence-corrected chi connectivity index (χ1v) is 13.8. The van der Waals surface area contributed by atoms with Gasteiger partial charge in [0.2, 0.25) is 21.8 Å². The van der Waals surface area contributed by atoms with E-state index in [0.29, 0.717) is 30.5 Å². The smallest absolute Gasteiger partial charge is 0.241 e. The van der Waals surface area contributed by atoms with Gasteiger partial charge in [-0.2, -0.15) is 0 Å². The van der Waals surface area contributed by atoms with Crippen LogP contribution in [0.1, 0.15) is 58.3 Å². The fourth-order valence-electron chi connectivity index (χ4n) is 7.32. The Bertz CT molecular complexity index is 1060. The van der Waals surface area contributed by atoms with Gasteiger partial charge in [0.05, 0.1) is 17.6 Å². The molecule has 9 nitrogen and oxygen atoms in total. The minimum absolute atomic E-state index is 0.0367. The Labute approximate surface area is 201 Å². The molecule has 10 heteroatoms. The van der Waals surface area contributed by atoms with Crippen LogP contribution >= 0.6 is 0 Å². The molecule has 1 aromatic carbocycles. The number of carbonyl (C=O) groups is 2. The third kappa shape index (κ3) is 4.60. The summed E-state index contributed by atoms with van der Waals surface area (Å²) in [5.41, 5.74) is 5.92. The van der Waals surface area contributed by atoms with Gasteiger partial charge >= 0.3 is 0 Å². The van der Waals surface area contributed by atoms with Crippen molar-refractivity contribution >= 4 is 27.5 Å². The molecule has 1 heterocycles. The quantitative estimate of drug-likeness (QED) is 0.459. The van der Waals surface area contributed by atoms with Crippen LogP contribution in [-0.2, 0) is 19.6 Å². The van der Waals surface area contributed by atoms with Crippen molar-refractivity contribution in [1.82, 2.24) is 14.9 Å². The van der Waals surface area contributed by atoms with Gasteiger partial charge in [0.1, 0.15) is 0 Å². The fraction of sp³-hybridized carbons (Fsp3) is 0.667. The number of carbonyl (C=O) groups excluding carboxylic acids is 2. The first kappa shape index (κ1) is 23.7. The van der Waals surface area contributed by atoms with Gasteiger partial charge in [-0.3, -0.25) is 9.59 Å². The average Bonchev–Trinajstić information content (AvgIpc) is 3.16. The SMILES string of the molecule is CC(=O)Nc1ccc(S(=O)(=O)NC23CC4CC(CC(NCC(=O)N5CCC[C@H]5N)(C4)C2)C3)cc1. The lowest BCUT2D eigenvalue weighted by molar-refractivity contribution is -0.132. The van der Waals surface area contributed by atoms with Crippen molar-refractivity contribution in [2.75, 3.05) is 18.4 Å². The molecule has 1 saturated heterocycles. The van der Waals surface area contributed by atoms with E-state index in [9.17, 15) is 18.0 Å². The Morgan fingerprint density at radius 3 is 2.32 bits per heavy atom. The molecule has 5 aliphatic rings. The van der Waals surface area contributed by atoms with E-state index in [1.165, 1.54) is 19.1 Å². The van der Waals surface area contributed by atoms with Crippen LogP contribution < -0.4 is 21.1 Å². The Hall–Kier alpha value is -2.01. The zero-order valence-corrected chi connectivity index (χ0v) is 20.5. The molecule has 186 valence electrons. The lowest BCUT2D eigenvalue weighted by Crippen LogP contribution is -2.69. The molecule has 3 atom stereocenters. The summed E-state index contributed by atoms with van der Waals surface area (Å²) in [6.45, 7) is 2.38. The molecule has 0 spiro atoms. The molecule has 4 aliphatic carbocycles. The largest absolute Gasteiger partial charge is 0.326 e. The summed E-state index contributed by atoms with van der Waals surface area (Å²) < 4.78 is 29.8. The minimum Gasteiger partial charge on any atom is -0.326 e. The summed E-state index contributed by atoms with van der Waals surface area (Å²) in [7, 11) is -3.73. The van der Waals surface area contributed by atoms with Crippen LogP contribution in [0.2, 0.25) is 0 Å². The summed E-state index contributed by atoms with van der Waals surface area (Å²) in [4.78, 5) is 26.0. The standard InChI is InChI=1S/C24H35N5O4S/c1-16(30)27-19-4-6-20(7-5-19)34(32,33)28-24-12-17-9-18(13-24)11-23(10-17,15-24)26-14-22(31)29-8-2-3-21(29)25/h4-7,17-18,21,26,28H,2-3,8-15,25H2,1H3,(H,27,30)/t17?,18?,21-,23?,24?/m0/s1. The Morgan fingerprint density at radius 1 is 1.09 bits per heavy atom. The number of nitrogens with two attached hydrogens (primary N) is 1. The summed E-state index contributed by atoms with van der Waals surface area (Å²) >= 11 is 0. The van der Waals surface area contributed by atoms with Gasteiger partial charge in [0, 0.05) is 30.2 Å². The van der Waals surface area contributed by atoms with E-state index in [1.54, 1.807) is 17.0 Å². The topological polar surface area (TPSA) is 134 Å². The molecule has 34 heavy (non-hydrogen) atoms. The Kier molecular flexibility index (Phi) is 5.99. The minimum atomic E-state index is -3.73. The molecule has 2 unspecified atom stereocenters. The first-order chi connectivity index (χ1) is 16.1. The van der Waals surface area contributed by atoms with Gasteiger partial charge in [-0.25, -0.2) is 13.1 Å². The Balaban J connectivity index is 1.30. The van der Waals surface area contributed by atoms with E-state index in [4.69, 9.17) is 5.73 Å². The summed E-state index contributed by atoms with van der Waals surface area (Å²) in [5, 5.41) is 6.24. The molecular formula is C24H35N5O4S. The van der Waals surface area contributed by atoms with Crippen molar-refractivity contribution in [2.45, 2.75) is 80.4 Å². The molecule has 2 amide bonds. The number of nitrogens with one attached hydrogen (secondary N) is 3. The monoisotopic (exact) mass is 489 g/mol. The molecule has 4 saturated carbocycles. The summed E-state index contributed by atoms with van der Waals surface area (Å²) in [6, 6.07) is 6.26. The number of hydrogen-bond donors (Lipinski definition) is 4. The van der Waals surface area contributed by atoms with Gasteiger partial charge in [0.15, 0.2) is 0 Å². The number of amides is 2. The lowest BCUT2D eigenvalue weighted by atomic mass is 9.50. The van der Waals surface area contributed by atoms with Gasteiger partial charge in [-0.1, -0.05) is 0 Å². The van der Waals surface area contributed by atoms with Gasteiger partial charge in [-0.15, -0.1) is 0 Å². The van der Waals surface area contributed by atoms with Crippen molar-refractivity contribution in [1.29, 1.82) is 0 Å². The van der Waals surface area contributed by atoms with E-state index in [1.807, 2.05) is 0 Å². The van der Waals surface area contributed by atoms with E-state index in [2.05, 4.69) is 15.4 Å². The molecule has 5 fully saturated rings. The third-order valence-corrected chi connectivity index (χ3v) is 9.73. The molecule has 0 radical (unpaired) electrons. The number of anilines is 1. The molecule has 1 aromatic rings. The van der Waals surface area contributed by atoms with E-state index >= 15 is 0 Å². The second-order valence-corrected chi connectivity index (χ2v) is 12.7. The van der Waals surface area contributed by atoms with E-state index in [0.717, 1.165) is 44.9 Å². The summed E-state index contributed by atoms with van der Waals surface area (Å²) in [6.07, 6.45) is 7.05. The van der Waals surface area contributed by atoms with Crippen LogP contribution in [-0.4, -0.2) is 55.5 Å². The van der Waals surface area contributed by atoms with Crippen LogP contribution in [0.25, 0.3) is 0 Å². The van der Waals surface area contributed by atoms with Crippen molar-refractivity contribution in [3.63, 3.8) is 0 Å². The molecule has 6 rings (SSSR count). The lowest BCUT2D eigenvalue weighted by Gasteiger charge is -2.62. The van der Waals surface area contributed by atoms with E-state index < -0.39 is 15.6 Å². The van der Waals surface area contributed by atoms with Gasteiger partial charge in [-0.05, 0) is 87.5 Å². The molecule has 0 aromatic heterocycles. The molecule has 1 aliphatic heterocycles. The second-order valence-electron chi connectivity index (χ2n) is 11.0. The van der Waals surface area contributed by atoms with Crippen LogP contribution in [0.5, 0.6) is 0 Å². The normalized spacial score (nSPS) is 34.4. The maximum absolute atomic E-state index is 13.3. The number of nitrogens with zero attached hydrogens (tertiary/aromatic N) is 1. The van der Waals surface area contributed by atoms with Gasteiger partial charge in [0.25, 0.3) is 0 Å². The number of hydrogen-bond acceptors (Lipinski definition) is 6. The maximum atomic E-state index is 13.3.